The molecule has 0 radical (unpaired) electrons. The van der Waals surface area contributed by atoms with Gasteiger partial charge in [0.1, 0.15) is 11.8 Å². The van der Waals surface area contributed by atoms with E-state index in [1.165, 1.54) is 11.8 Å². The Labute approximate surface area is 157 Å². The number of methoxy groups -OCH3 is 1. The lowest BCUT2D eigenvalue weighted by molar-refractivity contribution is -0.118. The van der Waals surface area contributed by atoms with Crippen molar-refractivity contribution in [2.24, 2.45) is 5.41 Å². The molecule has 1 aliphatic heterocycles. The zero-order valence-electron chi connectivity index (χ0n) is 15.4. The average Bonchev–Trinajstić information content (AvgIpc) is 3.01. The minimum absolute atomic E-state index is 0.0707. The van der Waals surface area contributed by atoms with E-state index in [1.807, 2.05) is 35.2 Å². The quantitative estimate of drug-likeness (QED) is 0.832. The van der Waals surface area contributed by atoms with Crippen molar-refractivity contribution in [3.63, 3.8) is 0 Å². The molecule has 4 rings (SSSR count). The van der Waals surface area contributed by atoms with Gasteiger partial charge in [0.2, 0.25) is 11.1 Å². The number of aromatic nitrogens is 3. The summed E-state index contributed by atoms with van der Waals surface area (Å²) in [6, 6.07) is 7.48. The summed E-state index contributed by atoms with van der Waals surface area (Å²) in [6.07, 6.45) is 3.28. The first-order chi connectivity index (χ1) is 12.4. The molecule has 2 aliphatic rings. The fourth-order valence-corrected chi connectivity index (χ4v) is 4.20. The Balaban J connectivity index is 1.94. The number of para-hydroxylation sites is 1. The molecule has 2 heterocycles. The molecule has 0 spiro atoms. The van der Waals surface area contributed by atoms with Crippen LogP contribution in [0.2, 0.25) is 0 Å². The normalized spacial score (nSPS) is 21.1. The van der Waals surface area contributed by atoms with Gasteiger partial charge in [0, 0.05) is 23.3 Å². The molecule has 7 heteroatoms. The predicted octanol–water partition coefficient (Wildman–Crippen LogP) is 3.67. The van der Waals surface area contributed by atoms with Gasteiger partial charge in [-0.2, -0.15) is 4.98 Å². The second kappa shape index (κ2) is 6.16. The minimum atomic E-state index is -0.325. The molecular weight excluding hydrogens is 348 g/mol. The number of anilines is 1. The number of nitrogens with one attached hydrogen (secondary N) is 1. The van der Waals surface area contributed by atoms with Crippen molar-refractivity contribution in [2.75, 3.05) is 18.7 Å². The zero-order valence-corrected chi connectivity index (χ0v) is 16.2. The van der Waals surface area contributed by atoms with Crippen LogP contribution >= 0.6 is 11.8 Å². The molecule has 1 aromatic heterocycles. The Bertz CT molecular complexity index is 916. The summed E-state index contributed by atoms with van der Waals surface area (Å²) in [5.41, 5.74) is 2.59. The third-order valence-corrected chi connectivity index (χ3v) is 5.47. The van der Waals surface area contributed by atoms with Crippen molar-refractivity contribution in [1.82, 2.24) is 14.8 Å². The Morgan fingerprint density at radius 3 is 2.81 bits per heavy atom. The van der Waals surface area contributed by atoms with Crippen molar-refractivity contribution in [2.45, 2.75) is 37.9 Å². The highest BCUT2D eigenvalue weighted by molar-refractivity contribution is 7.98. The van der Waals surface area contributed by atoms with Gasteiger partial charge in [-0.25, -0.2) is 4.68 Å². The van der Waals surface area contributed by atoms with E-state index in [-0.39, 0.29) is 17.2 Å². The number of ether oxygens (including phenoxy) is 1. The Kier molecular flexibility index (Phi) is 4.06. The molecule has 0 fully saturated rings. The SMILES string of the molecule is COc1ccccc1C1C2=C(CC(C)(C)CC2=O)Nc2nc(SC)nn21. The van der Waals surface area contributed by atoms with Crippen LogP contribution in [0.15, 0.2) is 40.7 Å². The molecular formula is C19H22N4O2S. The molecule has 1 aliphatic carbocycles. The minimum Gasteiger partial charge on any atom is -0.496 e. The molecule has 136 valence electrons. The van der Waals surface area contributed by atoms with Gasteiger partial charge < -0.3 is 10.1 Å². The third kappa shape index (κ3) is 2.70. The van der Waals surface area contributed by atoms with Crippen LogP contribution in [0.5, 0.6) is 5.75 Å². The number of nitrogens with zero attached hydrogens (tertiary/aromatic N) is 3. The Morgan fingerprint density at radius 2 is 2.08 bits per heavy atom. The predicted molar refractivity (Wildman–Crippen MR) is 102 cm³/mol. The van der Waals surface area contributed by atoms with Crippen LogP contribution in [0.1, 0.15) is 38.3 Å². The first-order valence-electron chi connectivity index (χ1n) is 8.60. The highest BCUT2D eigenvalue weighted by Gasteiger charge is 2.42. The Hall–Kier alpha value is -2.28. The number of benzene rings is 1. The van der Waals surface area contributed by atoms with Crippen LogP contribution < -0.4 is 10.1 Å². The first kappa shape index (κ1) is 17.1. The second-order valence-corrected chi connectivity index (χ2v) is 8.24. The summed E-state index contributed by atoms with van der Waals surface area (Å²) in [5.74, 6) is 1.58. The van der Waals surface area contributed by atoms with Gasteiger partial charge in [-0.05, 0) is 24.2 Å². The zero-order chi connectivity index (χ0) is 18.5. The largest absolute Gasteiger partial charge is 0.496 e. The van der Waals surface area contributed by atoms with E-state index in [0.29, 0.717) is 17.5 Å². The fourth-order valence-electron chi connectivity index (χ4n) is 3.86. The summed E-state index contributed by atoms with van der Waals surface area (Å²) in [6.45, 7) is 4.25. The number of allylic oxidation sites excluding steroid dienone is 2. The van der Waals surface area contributed by atoms with Crippen molar-refractivity contribution in [1.29, 1.82) is 0 Å². The van der Waals surface area contributed by atoms with Gasteiger partial charge in [0.25, 0.3) is 0 Å². The van der Waals surface area contributed by atoms with E-state index < -0.39 is 0 Å². The maximum absolute atomic E-state index is 13.1. The molecule has 1 aromatic carbocycles. The van der Waals surface area contributed by atoms with Gasteiger partial charge in [-0.15, -0.1) is 5.10 Å². The smallest absolute Gasteiger partial charge is 0.227 e. The van der Waals surface area contributed by atoms with Gasteiger partial charge >= 0.3 is 0 Å². The number of rotatable bonds is 3. The molecule has 0 amide bonds. The number of carbonyl (C=O) groups is 1. The maximum atomic E-state index is 13.1. The summed E-state index contributed by atoms with van der Waals surface area (Å²) in [4.78, 5) is 17.7. The van der Waals surface area contributed by atoms with E-state index in [4.69, 9.17) is 4.74 Å². The summed E-state index contributed by atoms with van der Waals surface area (Å²) in [7, 11) is 1.65. The molecule has 2 aromatic rings. The van der Waals surface area contributed by atoms with Crippen LogP contribution in [-0.2, 0) is 4.79 Å². The molecule has 26 heavy (non-hydrogen) atoms. The lowest BCUT2D eigenvalue weighted by Gasteiger charge is -2.38. The van der Waals surface area contributed by atoms with E-state index >= 15 is 0 Å². The molecule has 1 unspecified atom stereocenters. The fraction of sp³-hybridized carbons (Fsp3) is 0.421. The van der Waals surface area contributed by atoms with Crippen LogP contribution in [-0.4, -0.2) is 33.9 Å². The number of thioether (sulfide) groups is 1. The third-order valence-electron chi connectivity index (χ3n) is 4.93. The average molecular weight is 370 g/mol. The van der Waals surface area contributed by atoms with E-state index in [1.54, 1.807) is 7.11 Å². The van der Waals surface area contributed by atoms with Gasteiger partial charge in [-0.3, -0.25) is 4.79 Å². The van der Waals surface area contributed by atoms with Gasteiger partial charge in [0.15, 0.2) is 5.78 Å². The topological polar surface area (TPSA) is 69.0 Å². The van der Waals surface area contributed by atoms with Crippen molar-refractivity contribution in [3.8, 4) is 5.75 Å². The summed E-state index contributed by atoms with van der Waals surface area (Å²) in [5, 5.41) is 8.68. The van der Waals surface area contributed by atoms with Crippen molar-refractivity contribution in [3.05, 3.63) is 41.1 Å². The van der Waals surface area contributed by atoms with E-state index in [2.05, 4.69) is 29.2 Å². The van der Waals surface area contributed by atoms with Crippen LogP contribution in [0, 0.1) is 5.41 Å². The highest BCUT2D eigenvalue weighted by Crippen LogP contribution is 2.47. The van der Waals surface area contributed by atoms with E-state index in [9.17, 15) is 4.79 Å². The lowest BCUT2D eigenvalue weighted by Crippen LogP contribution is -2.36. The molecule has 0 bridgehead atoms. The number of fused-ring (bicyclic) bond motifs is 1. The van der Waals surface area contributed by atoms with Gasteiger partial charge in [-0.1, -0.05) is 43.8 Å². The highest BCUT2D eigenvalue weighted by atomic mass is 32.2. The number of Topliss-reactive ketones (excluding diaryl/α,β-unsaturated/α-hetero) is 1. The number of carbonyl (C=O) groups excluding carboxylic acids is 1. The standard InChI is InChI=1S/C19H22N4O2S/c1-19(2)9-12-15(13(24)10-19)16(11-7-5-6-8-14(11)25-3)23-17(20-12)21-18(22-23)26-4/h5-8,16H,9-10H2,1-4H3,(H,20,21,22). The number of hydrogen-bond acceptors (Lipinski definition) is 6. The van der Waals surface area contributed by atoms with Crippen LogP contribution in [0.3, 0.4) is 0 Å². The Morgan fingerprint density at radius 1 is 1.31 bits per heavy atom. The van der Waals surface area contributed by atoms with Gasteiger partial charge in [0.05, 0.1) is 7.11 Å². The number of hydrogen-bond donors (Lipinski definition) is 1. The first-order valence-corrected chi connectivity index (χ1v) is 9.83. The van der Waals surface area contributed by atoms with Crippen LogP contribution in [0.4, 0.5) is 5.95 Å². The molecule has 6 nitrogen and oxygen atoms in total. The molecule has 0 saturated heterocycles. The van der Waals surface area contributed by atoms with Crippen molar-refractivity contribution < 1.29 is 9.53 Å². The maximum Gasteiger partial charge on any atom is 0.227 e. The molecule has 1 N–H and O–H groups in total. The van der Waals surface area contributed by atoms with Crippen molar-refractivity contribution >= 4 is 23.5 Å². The molecule has 1 atom stereocenters. The summed E-state index contributed by atoms with van der Waals surface area (Å²) >= 11 is 1.49. The molecule has 0 saturated carbocycles. The monoisotopic (exact) mass is 370 g/mol. The second-order valence-electron chi connectivity index (χ2n) is 7.47. The lowest BCUT2D eigenvalue weighted by atomic mass is 9.73. The summed E-state index contributed by atoms with van der Waals surface area (Å²) < 4.78 is 7.40. The number of ketones is 1. The van der Waals surface area contributed by atoms with E-state index in [0.717, 1.165) is 29.0 Å². The van der Waals surface area contributed by atoms with Crippen LogP contribution in [0.25, 0.3) is 0 Å².